The van der Waals surface area contributed by atoms with Gasteiger partial charge in [-0.2, -0.15) is 0 Å². The number of rotatable bonds is 1. The Labute approximate surface area is 121 Å². The summed E-state index contributed by atoms with van der Waals surface area (Å²) in [6.07, 6.45) is 6.59. The second-order valence-corrected chi connectivity index (χ2v) is 5.22. The molecule has 1 N–H and O–H groups in total. The van der Waals surface area contributed by atoms with E-state index in [2.05, 4.69) is 58.7 Å². The summed E-state index contributed by atoms with van der Waals surface area (Å²) in [5, 5.41) is 2.75. The van der Waals surface area contributed by atoms with Gasteiger partial charge in [0, 0.05) is 5.41 Å². The highest BCUT2D eigenvalue weighted by atomic mass is 14.7. The number of nitrogens with one attached hydrogen (secondary N) is 1. The quantitative estimate of drug-likeness (QED) is 0.678. The van der Waals surface area contributed by atoms with Crippen molar-refractivity contribution in [3.63, 3.8) is 0 Å². The fraction of sp³-hybridized carbons (Fsp3) is 0.556. The fourth-order valence-corrected chi connectivity index (χ4v) is 2.17. The van der Waals surface area contributed by atoms with Crippen molar-refractivity contribution in [2.45, 2.75) is 48.5 Å². The summed E-state index contributed by atoms with van der Waals surface area (Å²) in [6, 6.07) is 0. The van der Waals surface area contributed by atoms with E-state index in [4.69, 9.17) is 0 Å². The van der Waals surface area contributed by atoms with Crippen molar-refractivity contribution in [2.75, 3.05) is 14.1 Å². The van der Waals surface area contributed by atoms with Crippen LogP contribution >= 0.6 is 0 Å². The third kappa shape index (κ3) is 7.17. The van der Waals surface area contributed by atoms with Crippen molar-refractivity contribution in [2.24, 2.45) is 5.41 Å². The number of hydrogen-bond donors (Lipinski definition) is 1. The largest absolute Gasteiger partial charge is 0.323 e. The lowest BCUT2D eigenvalue weighted by atomic mass is 9.90. The Hall–Kier alpha value is -1.08. The smallest absolute Gasteiger partial charge is 0.00161 e. The van der Waals surface area contributed by atoms with Gasteiger partial charge in [0.2, 0.25) is 0 Å². The van der Waals surface area contributed by atoms with Crippen molar-refractivity contribution in [3.05, 3.63) is 47.1 Å². The van der Waals surface area contributed by atoms with E-state index in [1.54, 1.807) is 0 Å². The lowest BCUT2D eigenvalue weighted by Crippen LogP contribution is -2.03. The molecule has 1 rings (SSSR count). The second kappa shape index (κ2) is 9.80. The zero-order valence-electron chi connectivity index (χ0n) is 14.4. The van der Waals surface area contributed by atoms with E-state index in [1.807, 2.05) is 34.0 Å². The zero-order chi connectivity index (χ0) is 15.6. The molecule has 0 aromatic carbocycles. The molecule has 0 unspecified atom stereocenters. The molecule has 0 aliphatic heterocycles. The first kappa shape index (κ1) is 20.2. The molecule has 0 bridgehead atoms. The highest BCUT2D eigenvalue weighted by molar-refractivity contribution is 5.51. The SMILES string of the molecule is C=CC1=C(C)C(C)=CC(C)(C)C=C1C.CC.CNC. The molecule has 1 aliphatic carbocycles. The molecule has 0 fully saturated rings. The minimum Gasteiger partial charge on any atom is -0.323 e. The minimum atomic E-state index is 0.153. The molecule has 0 aromatic rings. The fourth-order valence-electron chi connectivity index (χ4n) is 2.17. The molecule has 0 amide bonds. The maximum absolute atomic E-state index is 3.88. The Morgan fingerprint density at radius 3 is 1.74 bits per heavy atom. The monoisotopic (exact) mass is 263 g/mol. The molecule has 110 valence electrons. The summed E-state index contributed by atoms with van der Waals surface area (Å²) in [7, 11) is 3.75. The van der Waals surface area contributed by atoms with Gasteiger partial charge in [-0.1, -0.05) is 58.1 Å². The topological polar surface area (TPSA) is 12.0 Å². The molecule has 0 atom stereocenters. The van der Waals surface area contributed by atoms with Crippen LogP contribution in [0.4, 0.5) is 0 Å². The Balaban J connectivity index is 0. The van der Waals surface area contributed by atoms with Gasteiger partial charge >= 0.3 is 0 Å². The van der Waals surface area contributed by atoms with E-state index in [1.165, 1.54) is 22.3 Å². The summed E-state index contributed by atoms with van der Waals surface area (Å²) in [6.45, 7) is 18.9. The second-order valence-electron chi connectivity index (χ2n) is 5.22. The van der Waals surface area contributed by atoms with Crippen LogP contribution in [0.5, 0.6) is 0 Å². The molecule has 0 saturated carbocycles. The van der Waals surface area contributed by atoms with Gasteiger partial charge in [0.05, 0.1) is 0 Å². The molecule has 0 heterocycles. The van der Waals surface area contributed by atoms with Crippen LogP contribution in [0.1, 0.15) is 48.5 Å². The first-order valence-electron chi connectivity index (χ1n) is 7.10. The van der Waals surface area contributed by atoms with Gasteiger partial charge in [0.1, 0.15) is 0 Å². The van der Waals surface area contributed by atoms with E-state index in [0.29, 0.717) is 0 Å². The maximum Gasteiger partial charge on any atom is 0.00161 e. The van der Waals surface area contributed by atoms with Crippen molar-refractivity contribution in [1.82, 2.24) is 5.32 Å². The number of hydrogen-bond acceptors (Lipinski definition) is 1. The van der Waals surface area contributed by atoms with Crippen molar-refractivity contribution in [1.29, 1.82) is 0 Å². The van der Waals surface area contributed by atoms with Gasteiger partial charge in [-0.25, -0.2) is 0 Å². The lowest BCUT2D eigenvalue weighted by molar-refractivity contribution is 0.619. The summed E-state index contributed by atoms with van der Waals surface area (Å²) >= 11 is 0. The average molecular weight is 263 g/mol. The van der Waals surface area contributed by atoms with E-state index in [0.717, 1.165) is 0 Å². The molecular weight excluding hydrogens is 230 g/mol. The zero-order valence-corrected chi connectivity index (χ0v) is 14.4. The molecule has 0 aromatic heterocycles. The molecule has 0 radical (unpaired) electrons. The summed E-state index contributed by atoms with van der Waals surface area (Å²) < 4.78 is 0. The van der Waals surface area contributed by atoms with E-state index < -0.39 is 0 Å². The first-order chi connectivity index (χ1) is 8.79. The Kier molecular flexibility index (Phi) is 10.4. The average Bonchev–Trinajstić information content (AvgIpc) is 2.38. The highest BCUT2D eigenvalue weighted by Gasteiger charge is 2.17. The highest BCUT2D eigenvalue weighted by Crippen LogP contribution is 2.33. The van der Waals surface area contributed by atoms with Gasteiger partial charge in [0.25, 0.3) is 0 Å². The summed E-state index contributed by atoms with van der Waals surface area (Å²) in [5.41, 5.74) is 5.47. The van der Waals surface area contributed by atoms with Crippen LogP contribution < -0.4 is 5.32 Å². The lowest BCUT2D eigenvalue weighted by Gasteiger charge is -2.15. The van der Waals surface area contributed by atoms with E-state index in [9.17, 15) is 0 Å². The molecule has 0 saturated heterocycles. The van der Waals surface area contributed by atoms with Gasteiger partial charge in [-0.05, 0) is 51.6 Å². The minimum absolute atomic E-state index is 0.153. The van der Waals surface area contributed by atoms with Gasteiger partial charge in [-0.3, -0.25) is 0 Å². The van der Waals surface area contributed by atoms with Crippen LogP contribution in [0.15, 0.2) is 47.1 Å². The standard InChI is InChI=1S/C14H20.C2H7N.C2H6/c1-7-13-11(3)9-14(5,6)8-10(2)12(13)4;1-3-2;1-2/h7-9H,1H2,2-6H3;3H,1-2H3;1-2H3. The summed E-state index contributed by atoms with van der Waals surface area (Å²) in [4.78, 5) is 0. The first-order valence-corrected chi connectivity index (χ1v) is 7.10. The van der Waals surface area contributed by atoms with E-state index in [-0.39, 0.29) is 5.41 Å². The molecule has 0 spiro atoms. The molecule has 1 heteroatoms. The van der Waals surface area contributed by atoms with Crippen molar-refractivity contribution >= 4 is 0 Å². The predicted octanol–water partition coefficient (Wildman–Crippen LogP) is 5.28. The van der Waals surface area contributed by atoms with Crippen LogP contribution in [0.2, 0.25) is 0 Å². The summed E-state index contributed by atoms with van der Waals surface area (Å²) in [5.74, 6) is 0. The van der Waals surface area contributed by atoms with Crippen molar-refractivity contribution in [3.8, 4) is 0 Å². The number of allylic oxidation sites excluding steroid dienone is 7. The van der Waals surface area contributed by atoms with Gasteiger partial charge in [0.15, 0.2) is 0 Å². The third-order valence-electron chi connectivity index (χ3n) is 2.80. The Bertz CT molecular complexity index is 365. The van der Waals surface area contributed by atoms with Crippen LogP contribution in [-0.4, -0.2) is 14.1 Å². The molecule has 1 aliphatic rings. The molecule has 19 heavy (non-hydrogen) atoms. The van der Waals surface area contributed by atoms with Gasteiger partial charge in [-0.15, -0.1) is 0 Å². The predicted molar refractivity (Wildman–Crippen MR) is 90.5 cm³/mol. The van der Waals surface area contributed by atoms with Gasteiger partial charge < -0.3 is 5.32 Å². The van der Waals surface area contributed by atoms with Crippen LogP contribution in [-0.2, 0) is 0 Å². The Morgan fingerprint density at radius 2 is 1.37 bits per heavy atom. The third-order valence-corrected chi connectivity index (χ3v) is 2.80. The van der Waals surface area contributed by atoms with Crippen LogP contribution in [0, 0.1) is 5.41 Å². The van der Waals surface area contributed by atoms with Crippen molar-refractivity contribution < 1.29 is 0 Å². The molecule has 1 nitrogen and oxygen atoms in total. The van der Waals surface area contributed by atoms with Crippen LogP contribution in [0.25, 0.3) is 0 Å². The Morgan fingerprint density at radius 1 is 1.00 bits per heavy atom. The van der Waals surface area contributed by atoms with Crippen LogP contribution in [0.3, 0.4) is 0 Å². The molecular formula is C18H33N. The normalized spacial score (nSPS) is 16.9. The maximum atomic E-state index is 3.88. The van der Waals surface area contributed by atoms with E-state index >= 15 is 0 Å².